The number of hydrogen-bond acceptors (Lipinski definition) is 2. The van der Waals surface area contributed by atoms with Crippen molar-refractivity contribution in [1.82, 2.24) is 0 Å². The van der Waals surface area contributed by atoms with E-state index in [9.17, 15) is 0 Å². The molecular weight excluding hydrogens is 621 g/mol. The minimum Gasteiger partial charge on any atom is -0.456 e. The van der Waals surface area contributed by atoms with Gasteiger partial charge in [-0.3, -0.25) is 0 Å². The quantitative estimate of drug-likeness (QED) is 0.171. The van der Waals surface area contributed by atoms with E-state index >= 15 is 0 Å². The number of hydrogen-bond donors (Lipinski definition) is 0. The Hall–Kier alpha value is -6.38. The molecule has 8 aromatic carbocycles. The summed E-state index contributed by atoms with van der Waals surface area (Å²) < 4.78 is 13.2. The average Bonchev–Trinajstić information content (AvgIpc) is 3.78. The summed E-state index contributed by atoms with van der Waals surface area (Å²) in [4.78, 5) is 0. The fraction of sp³-hybridized carbons (Fsp3) is 0.0612. The zero-order chi connectivity index (χ0) is 33.7. The van der Waals surface area contributed by atoms with Gasteiger partial charge in [0.05, 0.1) is 0 Å². The van der Waals surface area contributed by atoms with Gasteiger partial charge in [0, 0.05) is 33.0 Å². The molecule has 2 aromatic heterocycles. The second kappa shape index (κ2) is 12.2. The average molecular weight is 655 g/mol. The molecule has 10 aromatic rings. The van der Waals surface area contributed by atoms with Crippen LogP contribution in [0.25, 0.3) is 76.9 Å². The summed E-state index contributed by atoms with van der Waals surface area (Å²) in [5, 5.41) is 7.09. The van der Waals surface area contributed by atoms with Gasteiger partial charge in [0.1, 0.15) is 22.3 Å². The molecule has 0 saturated carbocycles. The maximum Gasteiger partial charge on any atom is 0.139 e. The standard InChI is InChI=1S/C49H34O2/c1-3-13-32(14-4-1)25-30-36(41-21-11-22-42-39-18-9-10-23-44(39)51-49(41)42)34-26-28-35(29-27-34)37-20-12-24-45-47(37)48-40-19-8-7-17-38(40)43(31-46(48)50-45)33-15-5-2-6-16-33/h1-24,26-29,31,36H,25,30H2. The largest absolute Gasteiger partial charge is 0.456 e. The fourth-order valence-electron chi connectivity index (χ4n) is 8.17. The molecule has 2 heterocycles. The van der Waals surface area contributed by atoms with Gasteiger partial charge in [-0.25, -0.2) is 0 Å². The van der Waals surface area contributed by atoms with Gasteiger partial charge < -0.3 is 8.83 Å². The summed E-state index contributed by atoms with van der Waals surface area (Å²) in [7, 11) is 0. The highest BCUT2D eigenvalue weighted by Crippen LogP contribution is 2.44. The van der Waals surface area contributed by atoms with E-state index in [1.807, 2.05) is 6.07 Å². The number of aryl methyl sites for hydroxylation is 1. The SMILES string of the molecule is c1ccc(CCC(c2ccc(-c3cccc4oc5cc(-c6ccccc6)c6ccccc6c5c34)cc2)c2cccc3c2oc2ccccc23)cc1. The van der Waals surface area contributed by atoms with E-state index in [2.05, 4.69) is 170 Å². The Morgan fingerprint density at radius 2 is 1.06 bits per heavy atom. The molecule has 0 aliphatic heterocycles. The monoisotopic (exact) mass is 654 g/mol. The lowest BCUT2D eigenvalue weighted by atomic mass is 9.84. The minimum atomic E-state index is 0.161. The molecule has 0 N–H and O–H groups in total. The zero-order valence-corrected chi connectivity index (χ0v) is 28.1. The summed E-state index contributed by atoms with van der Waals surface area (Å²) in [6.45, 7) is 0. The van der Waals surface area contributed by atoms with E-state index in [0.717, 1.165) is 51.3 Å². The molecule has 1 atom stereocenters. The van der Waals surface area contributed by atoms with Gasteiger partial charge in [0.25, 0.3) is 0 Å². The van der Waals surface area contributed by atoms with Crippen LogP contribution in [-0.4, -0.2) is 0 Å². The molecule has 242 valence electrons. The molecule has 2 nitrogen and oxygen atoms in total. The Morgan fingerprint density at radius 3 is 1.88 bits per heavy atom. The summed E-state index contributed by atoms with van der Waals surface area (Å²) in [6, 6.07) is 63.0. The summed E-state index contributed by atoms with van der Waals surface area (Å²) >= 11 is 0. The highest BCUT2D eigenvalue weighted by Gasteiger charge is 2.22. The number of para-hydroxylation sites is 2. The van der Waals surface area contributed by atoms with Crippen LogP contribution in [-0.2, 0) is 6.42 Å². The first-order valence-corrected chi connectivity index (χ1v) is 17.8. The van der Waals surface area contributed by atoms with E-state index in [4.69, 9.17) is 8.83 Å². The first-order valence-electron chi connectivity index (χ1n) is 17.8. The Kier molecular flexibility index (Phi) is 7.06. The summed E-state index contributed by atoms with van der Waals surface area (Å²) in [5.41, 5.74) is 12.3. The minimum absolute atomic E-state index is 0.161. The van der Waals surface area contributed by atoms with E-state index in [1.54, 1.807) is 0 Å². The third-order valence-electron chi connectivity index (χ3n) is 10.6. The molecule has 51 heavy (non-hydrogen) atoms. The molecule has 0 radical (unpaired) electrons. The van der Waals surface area contributed by atoms with Gasteiger partial charge in [-0.1, -0.05) is 158 Å². The second-order valence-corrected chi connectivity index (χ2v) is 13.5. The third-order valence-corrected chi connectivity index (χ3v) is 10.6. The molecule has 0 bridgehead atoms. The van der Waals surface area contributed by atoms with Crippen LogP contribution in [0.4, 0.5) is 0 Å². The number of fused-ring (bicyclic) bond motifs is 8. The van der Waals surface area contributed by atoms with Crippen molar-refractivity contribution in [2.24, 2.45) is 0 Å². The van der Waals surface area contributed by atoms with Gasteiger partial charge in [-0.05, 0) is 75.2 Å². The predicted molar refractivity (Wildman–Crippen MR) is 212 cm³/mol. The van der Waals surface area contributed by atoms with Crippen molar-refractivity contribution in [1.29, 1.82) is 0 Å². The number of rotatable bonds is 7. The zero-order valence-electron chi connectivity index (χ0n) is 28.1. The lowest BCUT2D eigenvalue weighted by Crippen LogP contribution is -2.04. The third kappa shape index (κ3) is 5.03. The molecule has 0 aliphatic carbocycles. The molecular formula is C49H34O2. The molecule has 0 amide bonds. The van der Waals surface area contributed by atoms with Crippen molar-refractivity contribution in [3.8, 4) is 22.3 Å². The predicted octanol–water partition coefficient (Wildman–Crippen LogP) is 13.7. The Labute approximate surface area is 296 Å². The lowest BCUT2D eigenvalue weighted by molar-refractivity contribution is 0.645. The van der Waals surface area contributed by atoms with E-state index < -0.39 is 0 Å². The fourth-order valence-corrected chi connectivity index (χ4v) is 8.17. The van der Waals surface area contributed by atoms with E-state index in [0.29, 0.717) is 0 Å². The molecule has 0 fully saturated rings. The van der Waals surface area contributed by atoms with Crippen LogP contribution >= 0.6 is 0 Å². The van der Waals surface area contributed by atoms with Crippen LogP contribution in [0.5, 0.6) is 0 Å². The first-order chi connectivity index (χ1) is 25.3. The van der Waals surface area contributed by atoms with E-state index in [1.165, 1.54) is 55.1 Å². The molecule has 0 aliphatic rings. The van der Waals surface area contributed by atoms with Gasteiger partial charge in [0.15, 0.2) is 0 Å². The summed E-state index contributed by atoms with van der Waals surface area (Å²) in [6.07, 6.45) is 1.94. The lowest BCUT2D eigenvalue weighted by Gasteiger charge is -2.19. The van der Waals surface area contributed by atoms with E-state index in [-0.39, 0.29) is 5.92 Å². The topological polar surface area (TPSA) is 26.3 Å². The maximum absolute atomic E-state index is 6.63. The van der Waals surface area contributed by atoms with Crippen LogP contribution < -0.4 is 0 Å². The van der Waals surface area contributed by atoms with Crippen molar-refractivity contribution in [2.75, 3.05) is 0 Å². The Morgan fingerprint density at radius 1 is 0.412 bits per heavy atom. The Bertz CT molecular complexity index is 2840. The molecule has 0 saturated heterocycles. The smallest absolute Gasteiger partial charge is 0.139 e. The molecule has 1 unspecified atom stereocenters. The van der Waals surface area contributed by atoms with Gasteiger partial charge in [-0.2, -0.15) is 0 Å². The van der Waals surface area contributed by atoms with Gasteiger partial charge in [-0.15, -0.1) is 0 Å². The van der Waals surface area contributed by atoms with Crippen LogP contribution in [0.1, 0.15) is 29.0 Å². The number of benzene rings is 8. The van der Waals surface area contributed by atoms with Crippen LogP contribution in [0.3, 0.4) is 0 Å². The normalized spacial score (nSPS) is 12.4. The van der Waals surface area contributed by atoms with Crippen molar-refractivity contribution >= 4 is 54.6 Å². The highest BCUT2D eigenvalue weighted by atomic mass is 16.3. The van der Waals surface area contributed by atoms with Crippen LogP contribution in [0, 0.1) is 0 Å². The van der Waals surface area contributed by atoms with Crippen molar-refractivity contribution in [2.45, 2.75) is 18.8 Å². The Balaban J connectivity index is 1.11. The van der Waals surface area contributed by atoms with Gasteiger partial charge >= 0.3 is 0 Å². The first kappa shape index (κ1) is 29.5. The van der Waals surface area contributed by atoms with Gasteiger partial charge in [0.2, 0.25) is 0 Å². The summed E-state index contributed by atoms with van der Waals surface area (Å²) in [5.74, 6) is 0.161. The van der Waals surface area contributed by atoms with Crippen LogP contribution in [0.2, 0.25) is 0 Å². The van der Waals surface area contributed by atoms with Crippen molar-refractivity contribution in [3.05, 3.63) is 193 Å². The van der Waals surface area contributed by atoms with Crippen molar-refractivity contribution < 1.29 is 8.83 Å². The highest BCUT2D eigenvalue weighted by molar-refractivity contribution is 6.25. The molecule has 2 heteroatoms. The number of furan rings is 2. The molecule has 0 spiro atoms. The van der Waals surface area contributed by atoms with Crippen LogP contribution in [0.15, 0.2) is 185 Å². The second-order valence-electron chi connectivity index (χ2n) is 13.5. The molecule has 10 rings (SSSR count). The maximum atomic E-state index is 6.63. The van der Waals surface area contributed by atoms with Crippen molar-refractivity contribution in [3.63, 3.8) is 0 Å².